The highest BCUT2D eigenvalue weighted by atomic mass is 17.2. The number of amides is 1. The molecule has 2 aliphatic rings. The fourth-order valence-electron chi connectivity index (χ4n) is 4.83. The molecule has 5 nitrogen and oxygen atoms in total. The van der Waals surface area contributed by atoms with Gasteiger partial charge in [-0.25, -0.2) is 4.89 Å². The van der Waals surface area contributed by atoms with Crippen molar-refractivity contribution in [1.29, 1.82) is 0 Å². The van der Waals surface area contributed by atoms with Crippen LogP contribution in [0.3, 0.4) is 0 Å². The quantitative estimate of drug-likeness (QED) is 0.751. The summed E-state index contributed by atoms with van der Waals surface area (Å²) in [5.74, 6) is -1.70. The second-order valence-electron chi connectivity index (χ2n) is 8.20. The van der Waals surface area contributed by atoms with Gasteiger partial charge in [-0.3, -0.25) is 4.79 Å². The van der Waals surface area contributed by atoms with Gasteiger partial charge in [-0.2, -0.15) is 4.89 Å². The number of carbonyl (C=O) groups excluding carboxylic acids is 1. The largest absolute Gasteiger partial charge is 0.361 e. The summed E-state index contributed by atoms with van der Waals surface area (Å²) in [5.41, 5.74) is -0.229. The van der Waals surface area contributed by atoms with Crippen molar-refractivity contribution in [3.63, 3.8) is 0 Å². The van der Waals surface area contributed by atoms with Crippen LogP contribution in [0.2, 0.25) is 0 Å². The van der Waals surface area contributed by atoms with E-state index in [0.29, 0.717) is 19.4 Å². The van der Waals surface area contributed by atoms with Crippen LogP contribution in [-0.4, -0.2) is 34.8 Å². The Balaban J connectivity index is 1.82. The predicted octanol–water partition coefficient (Wildman–Crippen LogP) is 4.01. The van der Waals surface area contributed by atoms with Crippen LogP contribution < -0.4 is 0 Å². The molecule has 0 aromatic heterocycles. The van der Waals surface area contributed by atoms with E-state index in [9.17, 15) is 9.90 Å². The monoisotopic (exact) mass is 395 g/mol. The summed E-state index contributed by atoms with van der Waals surface area (Å²) >= 11 is 0. The van der Waals surface area contributed by atoms with Crippen molar-refractivity contribution in [1.82, 2.24) is 4.90 Å². The predicted molar refractivity (Wildman–Crippen MR) is 110 cm³/mol. The number of carbonyl (C=O) groups is 1. The van der Waals surface area contributed by atoms with Crippen molar-refractivity contribution in [2.24, 2.45) is 5.41 Å². The summed E-state index contributed by atoms with van der Waals surface area (Å²) in [7, 11) is 0. The minimum Gasteiger partial charge on any atom is -0.361 e. The van der Waals surface area contributed by atoms with Crippen molar-refractivity contribution in [2.45, 2.75) is 50.9 Å². The molecule has 0 aliphatic carbocycles. The van der Waals surface area contributed by atoms with E-state index in [4.69, 9.17) is 9.78 Å². The van der Waals surface area contributed by atoms with Gasteiger partial charge in [0.05, 0.1) is 6.54 Å². The first-order valence-corrected chi connectivity index (χ1v) is 10.5. The Kier molecular flexibility index (Phi) is 5.23. The first kappa shape index (κ1) is 20.1. The lowest BCUT2D eigenvalue weighted by Crippen LogP contribution is -2.59. The van der Waals surface area contributed by atoms with E-state index in [2.05, 4.69) is 6.92 Å². The fraction of sp³-hybridized carbons (Fsp3) is 0.458. The number of unbranched alkanes of at least 4 members (excludes halogenated alkanes) is 1. The van der Waals surface area contributed by atoms with Crippen LogP contribution in [0.4, 0.5) is 0 Å². The van der Waals surface area contributed by atoms with Crippen molar-refractivity contribution < 1.29 is 19.7 Å². The van der Waals surface area contributed by atoms with Crippen LogP contribution in [0, 0.1) is 5.41 Å². The van der Waals surface area contributed by atoms with E-state index in [0.717, 1.165) is 24.0 Å². The third kappa shape index (κ3) is 3.00. The molecule has 2 atom stereocenters. The highest BCUT2D eigenvalue weighted by Gasteiger charge is 2.70. The summed E-state index contributed by atoms with van der Waals surface area (Å²) in [5, 5.41) is 11.4. The molecule has 4 rings (SSSR count). The van der Waals surface area contributed by atoms with Crippen LogP contribution in [0.25, 0.3) is 0 Å². The molecular weight excluding hydrogens is 366 g/mol. The zero-order valence-corrected chi connectivity index (χ0v) is 17.1. The van der Waals surface area contributed by atoms with Crippen molar-refractivity contribution in [2.75, 3.05) is 13.1 Å². The van der Waals surface area contributed by atoms with Gasteiger partial charge in [0.25, 0.3) is 0 Å². The lowest BCUT2D eigenvalue weighted by Gasteiger charge is -2.49. The molecule has 5 heteroatoms. The molecule has 2 heterocycles. The van der Waals surface area contributed by atoms with E-state index in [1.54, 1.807) is 4.90 Å². The molecule has 29 heavy (non-hydrogen) atoms. The van der Waals surface area contributed by atoms with Crippen LogP contribution in [-0.2, 0) is 20.2 Å². The molecule has 1 N–H and O–H groups in total. The van der Waals surface area contributed by atoms with Gasteiger partial charge in [0.1, 0.15) is 5.41 Å². The van der Waals surface area contributed by atoms with Gasteiger partial charge in [-0.1, -0.05) is 80.9 Å². The number of aliphatic hydroxyl groups is 1. The maximum Gasteiger partial charge on any atom is 0.234 e. The molecule has 154 valence electrons. The maximum absolute atomic E-state index is 13.6. The Hall–Kier alpha value is -2.21. The van der Waals surface area contributed by atoms with Crippen molar-refractivity contribution in [3.05, 3.63) is 71.8 Å². The maximum atomic E-state index is 13.6. The number of likely N-dealkylation sites (tertiary alicyclic amines) is 1. The summed E-state index contributed by atoms with van der Waals surface area (Å²) in [4.78, 5) is 27.2. The molecule has 0 spiro atoms. The van der Waals surface area contributed by atoms with Gasteiger partial charge in [0.2, 0.25) is 11.7 Å². The topological polar surface area (TPSA) is 59.0 Å². The van der Waals surface area contributed by atoms with Gasteiger partial charge in [-0.15, -0.1) is 0 Å². The smallest absolute Gasteiger partial charge is 0.234 e. The van der Waals surface area contributed by atoms with Gasteiger partial charge in [0.15, 0.2) is 5.60 Å². The molecule has 2 saturated heterocycles. The number of hydrogen-bond acceptors (Lipinski definition) is 4. The number of β-amino-alcohol motifs (C(OH)–C–C–N with tert-alkyl or cyclic N) is 1. The number of benzene rings is 2. The Morgan fingerprint density at radius 1 is 0.966 bits per heavy atom. The van der Waals surface area contributed by atoms with E-state index in [1.165, 1.54) is 0 Å². The molecule has 2 unspecified atom stereocenters. The number of hydrogen-bond donors (Lipinski definition) is 1. The highest BCUT2D eigenvalue weighted by Crippen LogP contribution is 2.58. The third-order valence-corrected chi connectivity index (χ3v) is 6.59. The lowest BCUT2D eigenvalue weighted by atomic mass is 9.66. The van der Waals surface area contributed by atoms with Gasteiger partial charge in [0, 0.05) is 13.0 Å². The summed E-state index contributed by atoms with van der Waals surface area (Å²) < 4.78 is 0. The van der Waals surface area contributed by atoms with Crippen LogP contribution >= 0.6 is 0 Å². The SMILES string of the molecule is CCCCN1CC2(O)OOC(c3ccccc3)(c3ccccc3)CC2(CC)C1=O. The average molecular weight is 395 g/mol. The number of rotatable bonds is 6. The Labute approximate surface area is 172 Å². The number of fused-ring (bicyclic) bond motifs is 1. The Morgan fingerprint density at radius 2 is 1.55 bits per heavy atom. The van der Waals surface area contributed by atoms with Crippen LogP contribution in [0.5, 0.6) is 0 Å². The fourth-order valence-corrected chi connectivity index (χ4v) is 4.83. The van der Waals surface area contributed by atoms with E-state index in [-0.39, 0.29) is 12.5 Å². The molecule has 2 fully saturated rings. The zero-order chi connectivity index (χ0) is 20.5. The Morgan fingerprint density at radius 3 is 2.07 bits per heavy atom. The van der Waals surface area contributed by atoms with Crippen molar-refractivity contribution >= 4 is 5.91 Å². The molecule has 2 aromatic rings. The average Bonchev–Trinajstić information content (AvgIpc) is 2.99. The molecule has 2 aliphatic heterocycles. The number of nitrogens with zero attached hydrogens (tertiary/aromatic N) is 1. The first-order valence-electron chi connectivity index (χ1n) is 10.5. The minimum absolute atomic E-state index is 0.0458. The second-order valence-corrected chi connectivity index (χ2v) is 8.20. The first-order chi connectivity index (χ1) is 14.0. The standard InChI is InChI=1S/C24H29NO4/c1-3-5-16-25-18-24(27)22(4-2,21(25)26)17-23(28-29-24,19-12-8-6-9-13-19)20-14-10-7-11-15-20/h6-15,27H,3-5,16-18H2,1-2H3. The molecule has 2 aromatic carbocycles. The van der Waals surface area contributed by atoms with Crippen LogP contribution in [0.15, 0.2) is 60.7 Å². The van der Waals surface area contributed by atoms with Crippen molar-refractivity contribution in [3.8, 4) is 0 Å². The summed E-state index contributed by atoms with van der Waals surface area (Å²) in [6.45, 7) is 4.79. The second kappa shape index (κ2) is 7.56. The van der Waals surface area contributed by atoms with Gasteiger partial charge >= 0.3 is 0 Å². The minimum atomic E-state index is -1.65. The van der Waals surface area contributed by atoms with Gasteiger partial charge < -0.3 is 10.0 Å². The molecule has 0 saturated carbocycles. The summed E-state index contributed by atoms with van der Waals surface area (Å²) in [6.07, 6.45) is 2.67. The van der Waals surface area contributed by atoms with E-state index < -0.39 is 16.8 Å². The molecular formula is C24H29NO4. The highest BCUT2D eigenvalue weighted by molar-refractivity contribution is 5.87. The normalized spacial score (nSPS) is 28.4. The van der Waals surface area contributed by atoms with E-state index in [1.807, 2.05) is 67.6 Å². The Bertz CT molecular complexity index is 816. The molecule has 1 amide bonds. The lowest BCUT2D eigenvalue weighted by molar-refractivity contribution is -0.502. The van der Waals surface area contributed by atoms with Gasteiger partial charge in [-0.05, 0) is 24.0 Å². The summed E-state index contributed by atoms with van der Waals surface area (Å²) in [6, 6.07) is 19.6. The van der Waals surface area contributed by atoms with Crippen LogP contribution in [0.1, 0.15) is 50.7 Å². The zero-order valence-electron chi connectivity index (χ0n) is 17.1. The molecule has 0 bridgehead atoms. The van der Waals surface area contributed by atoms with E-state index >= 15 is 0 Å². The molecule has 0 radical (unpaired) electrons. The third-order valence-electron chi connectivity index (χ3n) is 6.59.